The van der Waals surface area contributed by atoms with Gasteiger partial charge < -0.3 is 14.8 Å². The fourth-order valence-corrected chi connectivity index (χ4v) is 5.78. The highest BCUT2D eigenvalue weighted by molar-refractivity contribution is 9.10. The second kappa shape index (κ2) is 9.25. The number of methoxy groups -OCH3 is 1. The number of fused-ring (bicyclic) bond motifs is 3. The van der Waals surface area contributed by atoms with Crippen molar-refractivity contribution in [3.05, 3.63) is 97.5 Å². The largest absolute Gasteiger partial charge is 0.493 e. The summed E-state index contributed by atoms with van der Waals surface area (Å²) in [6, 6.07) is 16.6. The zero-order valence-electron chi connectivity index (χ0n) is 18.4. The van der Waals surface area contributed by atoms with Crippen molar-refractivity contribution in [3.63, 3.8) is 0 Å². The molecular formula is C27H24BrCl2NO2. The van der Waals surface area contributed by atoms with Crippen LogP contribution in [0.4, 0.5) is 5.69 Å². The average molecular weight is 545 g/mol. The van der Waals surface area contributed by atoms with Crippen molar-refractivity contribution < 1.29 is 9.47 Å². The van der Waals surface area contributed by atoms with Crippen molar-refractivity contribution in [1.82, 2.24) is 0 Å². The molecule has 0 saturated carbocycles. The first-order valence-corrected chi connectivity index (χ1v) is 12.5. The standard InChI is InChI=1S/C27H24BrCl2NO2/c1-15-6-9-24-20(10-15)18-4-3-5-19(18)26(31-24)17-12-21(28)27(25(13-17)32-2)33-14-16-7-8-22(29)23(30)11-16/h3-4,6-13,18-19,26,31H,5,14H2,1-2H3/t18-,19+,26+/m1/s1. The Hall–Kier alpha value is -2.14. The molecule has 3 aromatic rings. The maximum absolute atomic E-state index is 6.15. The highest BCUT2D eigenvalue weighted by Crippen LogP contribution is 2.51. The van der Waals surface area contributed by atoms with Crippen LogP contribution in [0.15, 0.2) is 65.2 Å². The molecule has 3 atom stereocenters. The Kier molecular flexibility index (Phi) is 6.34. The summed E-state index contributed by atoms with van der Waals surface area (Å²) in [5.41, 5.74) is 5.99. The van der Waals surface area contributed by atoms with Gasteiger partial charge in [-0.3, -0.25) is 0 Å². The van der Waals surface area contributed by atoms with Gasteiger partial charge in [0.15, 0.2) is 11.5 Å². The Morgan fingerprint density at radius 3 is 2.70 bits per heavy atom. The summed E-state index contributed by atoms with van der Waals surface area (Å²) in [4.78, 5) is 0. The normalized spacial score (nSPS) is 20.7. The molecule has 2 aliphatic rings. The predicted octanol–water partition coefficient (Wildman–Crippen LogP) is 8.48. The molecule has 3 aromatic carbocycles. The Morgan fingerprint density at radius 2 is 1.91 bits per heavy atom. The van der Waals surface area contributed by atoms with Gasteiger partial charge in [0.25, 0.3) is 0 Å². The van der Waals surface area contributed by atoms with E-state index in [9.17, 15) is 0 Å². The molecule has 1 aliphatic carbocycles. The van der Waals surface area contributed by atoms with Crippen molar-refractivity contribution in [2.75, 3.05) is 12.4 Å². The van der Waals surface area contributed by atoms with Gasteiger partial charge in [-0.2, -0.15) is 0 Å². The minimum absolute atomic E-state index is 0.175. The number of allylic oxidation sites excluding steroid dienone is 2. The molecule has 1 aliphatic heterocycles. The lowest BCUT2D eigenvalue weighted by molar-refractivity contribution is 0.282. The smallest absolute Gasteiger partial charge is 0.175 e. The minimum Gasteiger partial charge on any atom is -0.493 e. The Bertz CT molecular complexity index is 1240. The molecule has 0 saturated heterocycles. The van der Waals surface area contributed by atoms with E-state index in [1.807, 2.05) is 12.1 Å². The maximum atomic E-state index is 6.15. The van der Waals surface area contributed by atoms with Crippen molar-refractivity contribution in [2.45, 2.75) is 31.9 Å². The quantitative estimate of drug-likeness (QED) is 0.327. The van der Waals surface area contributed by atoms with E-state index >= 15 is 0 Å². The summed E-state index contributed by atoms with van der Waals surface area (Å²) in [6.07, 6.45) is 5.71. The number of halogens is 3. The van der Waals surface area contributed by atoms with Gasteiger partial charge in [-0.15, -0.1) is 0 Å². The van der Waals surface area contributed by atoms with Gasteiger partial charge in [-0.05, 0) is 82.2 Å². The molecule has 0 radical (unpaired) electrons. The van der Waals surface area contributed by atoms with Crippen LogP contribution in [0.1, 0.15) is 40.6 Å². The average Bonchev–Trinajstić information content (AvgIpc) is 3.30. The second-order valence-corrected chi connectivity index (χ2v) is 10.3. The first-order chi connectivity index (χ1) is 15.9. The van der Waals surface area contributed by atoms with Crippen molar-refractivity contribution in [3.8, 4) is 11.5 Å². The van der Waals surface area contributed by atoms with Crippen LogP contribution < -0.4 is 14.8 Å². The van der Waals surface area contributed by atoms with Crippen molar-refractivity contribution >= 4 is 44.8 Å². The number of nitrogens with one attached hydrogen (secondary N) is 1. The summed E-state index contributed by atoms with van der Waals surface area (Å²) in [6.45, 7) is 2.51. The van der Waals surface area contributed by atoms with Gasteiger partial charge in [0.1, 0.15) is 6.61 Å². The van der Waals surface area contributed by atoms with Crippen LogP contribution in [0.2, 0.25) is 10.0 Å². The number of hydrogen-bond acceptors (Lipinski definition) is 3. The number of hydrogen-bond donors (Lipinski definition) is 1. The molecule has 0 spiro atoms. The Labute approximate surface area is 212 Å². The topological polar surface area (TPSA) is 30.5 Å². The molecular weight excluding hydrogens is 521 g/mol. The molecule has 0 aromatic heterocycles. The predicted molar refractivity (Wildman–Crippen MR) is 139 cm³/mol. The van der Waals surface area contributed by atoms with E-state index < -0.39 is 0 Å². The third-order valence-electron chi connectivity index (χ3n) is 6.50. The summed E-state index contributed by atoms with van der Waals surface area (Å²) >= 11 is 15.9. The summed E-state index contributed by atoms with van der Waals surface area (Å²) in [5, 5.41) is 4.83. The number of aryl methyl sites for hydroxylation is 1. The number of benzene rings is 3. The Balaban J connectivity index is 1.44. The van der Waals surface area contributed by atoms with E-state index in [1.165, 1.54) is 22.4 Å². The summed E-state index contributed by atoms with van der Waals surface area (Å²) < 4.78 is 12.7. The van der Waals surface area contributed by atoms with E-state index in [0.29, 0.717) is 40.0 Å². The van der Waals surface area contributed by atoms with Gasteiger partial charge in [-0.1, -0.05) is 59.1 Å². The lowest BCUT2D eigenvalue weighted by atomic mass is 9.76. The fraction of sp³-hybridized carbons (Fsp3) is 0.259. The highest BCUT2D eigenvalue weighted by Gasteiger charge is 2.38. The number of rotatable bonds is 5. The van der Waals surface area contributed by atoms with E-state index in [1.54, 1.807) is 13.2 Å². The first-order valence-electron chi connectivity index (χ1n) is 10.9. The zero-order valence-corrected chi connectivity index (χ0v) is 21.5. The van der Waals surface area contributed by atoms with Crippen LogP contribution in [0.25, 0.3) is 0 Å². The van der Waals surface area contributed by atoms with Gasteiger partial charge in [0, 0.05) is 11.6 Å². The molecule has 3 nitrogen and oxygen atoms in total. The lowest BCUT2D eigenvalue weighted by Crippen LogP contribution is -2.29. The molecule has 1 heterocycles. The first kappa shape index (κ1) is 22.6. The molecule has 6 heteroatoms. The van der Waals surface area contributed by atoms with E-state index in [-0.39, 0.29) is 6.04 Å². The highest BCUT2D eigenvalue weighted by atomic mass is 79.9. The molecule has 5 rings (SSSR count). The SMILES string of the molecule is COc1cc([C@@H]2Nc3ccc(C)cc3[C@@H]3C=CC[C@@H]32)cc(Br)c1OCc1ccc(Cl)c(Cl)c1. The summed E-state index contributed by atoms with van der Waals surface area (Å²) in [7, 11) is 1.67. The van der Waals surface area contributed by atoms with Gasteiger partial charge >= 0.3 is 0 Å². The fourth-order valence-electron chi connectivity index (χ4n) is 4.89. The van der Waals surface area contributed by atoms with Crippen molar-refractivity contribution in [2.24, 2.45) is 5.92 Å². The lowest BCUT2D eigenvalue weighted by Gasteiger charge is -2.38. The van der Waals surface area contributed by atoms with Gasteiger partial charge in [0.2, 0.25) is 0 Å². The molecule has 0 unspecified atom stereocenters. The second-order valence-electron chi connectivity index (χ2n) is 8.64. The number of anilines is 1. The van der Waals surface area contributed by atoms with Crippen molar-refractivity contribution in [1.29, 1.82) is 0 Å². The van der Waals surface area contributed by atoms with Crippen LogP contribution in [-0.4, -0.2) is 7.11 Å². The maximum Gasteiger partial charge on any atom is 0.175 e. The molecule has 33 heavy (non-hydrogen) atoms. The van der Waals surface area contributed by atoms with Gasteiger partial charge in [-0.25, -0.2) is 0 Å². The molecule has 170 valence electrons. The molecule has 1 N–H and O–H groups in total. The molecule has 0 fully saturated rings. The third-order valence-corrected chi connectivity index (χ3v) is 7.82. The Morgan fingerprint density at radius 1 is 1.06 bits per heavy atom. The summed E-state index contributed by atoms with van der Waals surface area (Å²) in [5.74, 6) is 2.24. The van der Waals surface area contributed by atoms with E-state index in [0.717, 1.165) is 16.5 Å². The molecule has 0 bridgehead atoms. The van der Waals surface area contributed by atoms with Crippen LogP contribution in [0.5, 0.6) is 11.5 Å². The van der Waals surface area contributed by atoms with Crippen LogP contribution in [0.3, 0.4) is 0 Å². The van der Waals surface area contributed by atoms with Crippen LogP contribution in [-0.2, 0) is 6.61 Å². The minimum atomic E-state index is 0.175. The number of ether oxygens (including phenoxy) is 2. The third kappa shape index (κ3) is 4.37. The van der Waals surface area contributed by atoms with E-state index in [2.05, 4.69) is 70.7 Å². The van der Waals surface area contributed by atoms with Crippen LogP contribution in [0, 0.1) is 12.8 Å². The van der Waals surface area contributed by atoms with E-state index in [4.69, 9.17) is 32.7 Å². The monoisotopic (exact) mass is 543 g/mol. The molecule has 0 amide bonds. The van der Waals surface area contributed by atoms with Crippen LogP contribution >= 0.6 is 39.1 Å². The zero-order chi connectivity index (χ0) is 23.1. The van der Waals surface area contributed by atoms with Gasteiger partial charge in [0.05, 0.1) is 27.7 Å².